The van der Waals surface area contributed by atoms with E-state index in [4.69, 9.17) is 21.6 Å². The smallest absolute Gasteiger partial charge is 0.261 e. The zero-order valence-electron chi connectivity index (χ0n) is 19.7. The first-order valence-electron chi connectivity index (χ1n) is 10.5. The molecule has 33 heavy (non-hydrogen) atoms. The standard InChI is InChI=1S/C21H26FN7O2.C2H6/c1-4-31-8-7-29-14(11-23)10-16(25)19(17(12-24)27-2)20(26)28(3)21(30)15-6-5-13(22)9-18(15)29;1-2/h5-6,9-11,26-27H,4,7-8,23,25H2,1-3H3;1-2H3/b14-11+,16-10?,19-17-,26-20?;. The zero-order chi connectivity index (χ0) is 25.1. The molecule has 6 N–H and O–H groups in total. The molecule has 1 heterocycles. The third-order valence-corrected chi connectivity index (χ3v) is 4.71. The summed E-state index contributed by atoms with van der Waals surface area (Å²) >= 11 is 0. The second-order valence-corrected chi connectivity index (χ2v) is 6.53. The SMILES string of the molecule is CC.CCOCCn1/c(=C/N)cc(N)/c(=C(\C#N)NC)c(=N)n(C)c(=O)c2ccc(F)cc21. The summed E-state index contributed by atoms with van der Waals surface area (Å²) in [6.07, 6.45) is 1.26. The largest absolute Gasteiger partial charge is 0.403 e. The Kier molecular flexibility index (Phi) is 10.6. The molecule has 2 rings (SSSR count). The number of hydrogen-bond acceptors (Lipinski definition) is 7. The maximum absolute atomic E-state index is 14.2. The second kappa shape index (κ2) is 12.9. The first-order valence-corrected chi connectivity index (χ1v) is 10.5. The van der Waals surface area contributed by atoms with Crippen LogP contribution in [-0.2, 0) is 18.3 Å². The van der Waals surface area contributed by atoms with Crippen LogP contribution in [0.4, 0.5) is 10.1 Å². The van der Waals surface area contributed by atoms with Crippen LogP contribution in [0, 0.1) is 22.6 Å². The van der Waals surface area contributed by atoms with Gasteiger partial charge in [0.2, 0.25) is 0 Å². The summed E-state index contributed by atoms with van der Waals surface area (Å²) < 4.78 is 22.3. The monoisotopic (exact) mass is 457 g/mol. The molecule has 0 unspecified atom stereocenters. The first kappa shape index (κ1) is 27.2. The predicted molar refractivity (Wildman–Crippen MR) is 129 cm³/mol. The number of benzene rings is 1. The molecule has 0 fully saturated rings. The number of rotatable bonds is 5. The fraction of sp³-hybridized carbons (Fsp3) is 0.348. The van der Waals surface area contributed by atoms with Crippen molar-refractivity contribution in [2.24, 2.45) is 12.8 Å². The van der Waals surface area contributed by atoms with Gasteiger partial charge < -0.3 is 26.1 Å². The lowest BCUT2D eigenvalue weighted by atomic mass is 10.2. The molecule has 0 aliphatic carbocycles. The number of anilines is 1. The summed E-state index contributed by atoms with van der Waals surface area (Å²) in [6.45, 7) is 6.85. The molecule has 1 aromatic heterocycles. The van der Waals surface area contributed by atoms with E-state index in [1.54, 1.807) is 4.57 Å². The van der Waals surface area contributed by atoms with Crippen molar-refractivity contribution in [1.29, 1.82) is 10.7 Å². The van der Waals surface area contributed by atoms with Gasteiger partial charge in [-0.3, -0.25) is 14.8 Å². The number of ether oxygens (including phenoxy) is 1. The number of aromatic nitrogens is 2. The van der Waals surface area contributed by atoms with Crippen molar-refractivity contribution in [3.63, 3.8) is 0 Å². The number of nitrogens with zero attached hydrogens (tertiary/aromatic N) is 3. The molecule has 0 spiro atoms. The maximum atomic E-state index is 14.2. The number of nitrogen functional groups attached to an aromatic ring is 1. The van der Waals surface area contributed by atoms with Crippen LogP contribution >= 0.6 is 0 Å². The van der Waals surface area contributed by atoms with Gasteiger partial charge in [-0.15, -0.1) is 0 Å². The molecule has 178 valence electrons. The van der Waals surface area contributed by atoms with Crippen molar-refractivity contribution in [2.75, 3.05) is 26.0 Å². The number of fused-ring (bicyclic) bond motifs is 1. The third kappa shape index (κ3) is 6.11. The number of nitriles is 1. The Balaban J connectivity index is 0.00000265. The highest BCUT2D eigenvalue weighted by atomic mass is 19.1. The maximum Gasteiger partial charge on any atom is 0.261 e. The molecular weight excluding hydrogens is 425 g/mol. The normalized spacial score (nSPS) is 11.7. The minimum atomic E-state index is -0.571. The molecule has 10 heteroatoms. The average Bonchev–Trinajstić information content (AvgIpc) is 2.83. The van der Waals surface area contributed by atoms with Crippen LogP contribution in [0.25, 0.3) is 22.8 Å². The highest BCUT2D eigenvalue weighted by Crippen LogP contribution is 2.09. The van der Waals surface area contributed by atoms with E-state index in [0.717, 1.165) is 4.57 Å². The summed E-state index contributed by atoms with van der Waals surface area (Å²) in [5.41, 5.74) is 11.6. The molecule has 0 amide bonds. The summed E-state index contributed by atoms with van der Waals surface area (Å²) in [7, 11) is 2.90. The van der Waals surface area contributed by atoms with Crippen molar-refractivity contribution >= 4 is 28.5 Å². The highest BCUT2D eigenvalue weighted by molar-refractivity contribution is 5.77. The van der Waals surface area contributed by atoms with Gasteiger partial charge in [-0.2, -0.15) is 5.26 Å². The Labute approximate surface area is 191 Å². The highest BCUT2D eigenvalue weighted by Gasteiger charge is 2.08. The van der Waals surface area contributed by atoms with Gasteiger partial charge in [-0.1, -0.05) is 13.8 Å². The van der Waals surface area contributed by atoms with Gasteiger partial charge in [-0.25, -0.2) is 4.39 Å². The van der Waals surface area contributed by atoms with E-state index in [1.165, 1.54) is 44.6 Å². The van der Waals surface area contributed by atoms with Crippen molar-refractivity contribution < 1.29 is 9.13 Å². The molecule has 0 bridgehead atoms. The lowest BCUT2D eigenvalue weighted by Gasteiger charge is -2.12. The number of nitrogens with one attached hydrogen (secondary N) is 2. The first-order chi connectivity index (χ1) is 15.8. The lowest BCUT2D eigenvalue weighted by molar-refractivity contribution is 0.139. The second-order valence-electron chi connectivity index (χ2n) is 6.53. The number of nitrogens with two attached hydrogens (primary N) is 2. The van der Waals surface area contributed by atoms with Gasteiger partial charge in [0.25, 0.3) is 5.56 Å². The zero-order valence-corrected chi connectivity index (χ0v) is 19.7. The van der Waals surface area contributed by atoms with Crippen LogP contribution in [0.5, 0.6) is 0 Å². The van der Waals surface area contributed by atoms with Crippen molar-refractivity contribution in [3.05, 3.63) is 56.5 Å². The Morgan fingerprint density at radius 2 is 2.03 bits per heavy atom. The molecule has 0 atom stereocenters. The van der Waals surface area contributed by atoms with E-state index >= 15 is 0 Å². The van der Waals surface area contributed by atoms with Gasteiger partial charge >= 0.3 is 0 Å². The molecule has 1 aromatic carbocycles. The van der Waals surface area contributed by atoms with Crippen LogP contribution in [0.2, 0.25) is 0 Å². The fourth-order valence-electron chi connectivity index (χ4n) is 3.13. The Morgan fingerprint density at radius 3 is 2.58 bits per heavy atom. The van der Waals surface area contributed by atoms with Gasteiger partial charge in [-0.05, 0) is 31.2 Å². The van der Waals surface area contributed by atoms with Gasteiger partial charge in [0.05, 0.1) is 28.1 Å². The predicted octanol–water partition coefficient (Wildman–Crippen LogP) is 0.276. The number of halogens is 1. The Bertz CT molecular complexity index is 1340. The van der Waals surface area contributed by atoms with Crippen LogP contribution in [-0.4, -0.2) is 29.4 Å². The van der Waals surface area contributed by atoms with E-state index in [-0.39, 0.29) is 46.1 Å². The molecular formula is C23H32FN7O2. The fourth-order valence-corrected chi connectivity index (χ4v) is 3.13. The molecule has 0 radical (unpaired) electrons. The molecule has 2 aromatic rings. The summed E-state index contributed by atoms with van der Waals surface area (Å²) in [5.74, 6) is -0.543. The Hall–Kier alpha value is -3.84. The van der Waals surface area contributed by atoms with E-state index in [1.807, 2.05) is 26.8 Å². The molecule has 0 saturated heterocycles. The molecule has 0 saturated carbocycles. The lowest BCUT2D eigenvalue weighted by Crippen LogP contribution is -2.42. The van der Waals surface area contributed by atoms with Gasteiger partial charge in [0, 0.05) is 39.1 Å². The molecule has 0 aliphatic heterocycles. The minimum Gasteiger partial charge on any atom is -0.403 e. The Morgan fingerprint density at radius 1 is 1.36 bits per heavy atom. The van der Waals surface area contributed by atoms with E-state index in [0.29, 0.717) is 12.0 Å². The van der Waals surface area contributed by atoms with E-state index in [9.17, 15) is 14.4 Å². The van der Waals surface area contributed by atoms with Gasteiger partial charge in [0.15, 0.2) is 0 Å². The van der Waals surface area contributed by atoms with Crippen LogP contribution in [0.3, 0.4) is 0 Å². The quantitative estimate of drug-likeness (QED) is 0.474. The average molecular weight is 458 g/mol. The molecule has 0 aliphatic rings. The summed E-state index contributed by atoms with van der Waals surface area (Å²) in [6, 6.07) is 7.16. The summed E-state index contributed by atoms with van der Waals surface area (Å²) in [5, 5.41) is 21.3. The van der Waals surface area contributed by atoms with E-state index in [2.05, 4.69) is 5.32 Å². The number of hydrogen-bond donors (Lipinski definition) is 4. The molecule has 9 nitrogen and oxygen atoms in total. The topological polar surface area (TPSA) is 148 Å². The van der Waals surface area contributed by atoms with Crippen molar-refractivity contribution in [3.8, 4) is 6.07 Å². The van der Waals surface area contributed by atoms with Crippen molar-refractivity contribution in [1.82, 2.24) is 14.5 Å². The van der Waals surface area contributed by atoms with Crippen LogP contribution < -0.4 is 38.4 Å². The van der Waals surface area contributed by atoms with Gasteiger partial charge in [0.1, 0.15) is 23.1 Å². The third-order valence-electron chi connectivity index (χ3n) is 4.71. The van der Waals surface area contributed by atoms with E-state index < -0.39 is 11.4 Å². The van der Waals surface area contributed by atoms with Crippen LogP contribution in [0.15, 0.2) is 29.1 Å². The van der Waals surface area contributed by atoms with Crippen LogP contribution in [0.1, 0.15) is 20.8 Å². The summed E-state index contributed by atoms with van der Waals surface area (Å²) in [4.78, 5) is 13.3. The van der Waals surface area contributed by atoms with Crippen molar-refractivity contribution in [2.45, 2.75) is 27.3 Å². The minimum absolute atomic E-state index is 0.00976.